The first kappa shape index (κ1) is 18.2. The summed E-state index contributed by atoms with van der Waals surface area (Å²) in [6, 6.07) is 3.01. The van der Waals surface area contributed by atoms with Crippen molar-refractivity contribution in [3.63, 3.8) is 0 Å². The molecular weight excluding hydrogens is 388 g/mol. The molecule has 0 unspecified atom stereocenters. The molecule has 0 spiro atoms. The van der Waals surface area contributed by atoms with E-state index in [4.69, 9.17) is 11.6 Å². The van der Waals surface area contributed by atoms with Gasteiger partial charge in [-0.25, -0.2) is 9.97 Å². The van der Waals surface area contributed by atoms with E-state index in [1.54, 1.807) is 6.07 Å². The number of amides is 2. The SMILES string of the molecule is O=C(NC[C@]12CCC[C@H]1CN(C(=O)c1ncc(Cl)s1)C2)c1ncccc1O. The number of aromatic hydroxyl groups is 1. The molecule has 3 heterocycles. The van der Waals surface area contributed by atoms with Crippen molar-refractivity contribution >= 4 is 34.8 Å². The molecule has 2 aromatic heterocycles. The number of rotatable bonds is 4. The van der Waals surface area contributed by atoms with Gasteiger partial charge in [-0.2, -0.15) is 0 Å². The smallest absolute Gasteiger partial charge is 0.282 e. The number of pyridine rings is 1. The highest BCUT2D eigenvalue weighted by Gasteiger charge is 2.51. The van der Waals surface area contributed by atoms with Crippen LogP contribution >= 0.6 is 22.9 Å². The first-order valence-corrected chi connectivity index (χ1v) is 10.0. The van der Waals surface area contributed by atoms with Gasteiger partial charge >= 0.3 is 0 Å². The van der Waals surface area contributed by atoms with Crippen LogP contribution in [0.3, 0.4) is 0 Å². The zero-order valence-corrected chi connectivity index (χ0v) is 16.1. The summed E-state index contributed by atoms with van der Waals surface area (Å²) < 4.78 is 0.495. The molecule has 0 aromatic carbocycles. The molecular formula is C18H19ClN4O3S. The number of nitrogens with one attached hydrogen (secondary N) is 1. The first-order valence-electron chi connectivity index (χ1n) is 8.81. The summed E-state index contributed by atoms with van der Waals surface area (Å²) in [4.78, 5) is 35.0. The number of aromatic nitrogens is 2. The predicted octanol–water partition coefficient (Wildman–Crippen LogP) is 2.57. The molecule has 0 radical (unpaired) electrons. The Hall–Kier alpha value is -2.19. The second-order valence-corrected chi connectivity index (χ2v) is 8.82. The maximum Gasteiger partial charge on any atom is 0.282 e. The van der Waals surface area contributed by atoms with Crippen LogP contribution in [0.25, 0.3) is 0 Å². The molecule has 142 valence electrons. The number of carbonyl (C=O) groups excluding carboxylic acids is 2. The lowest BCUT2D eigenvalue weighted by molar-refractivity contribution is 0.0766. The van der Waals surface area contributed by atoms with E-state index in [9.17, 15) is 14.7 Å². The average Bonchev–Trinajstić information content (AvgIpc) is 3.33. The molecule has 0 bridgehead atoms. The van der Waals surface area contributed by atoms with Gasteiger partial charge in [0, 0.05) is 31.2 Å². The molecule has 1 aliphatic carbocycles. The summed E-state index contributed by atoms with van der Waals surface area (Å²) in [6.45, 7) is 1.71. The lowest BCUT2D eigenvalue weighted by Crippen LogP contribution is -2.41. The predicted molar refractivity (Wildman–Crippen MR) is 101 cm³/mol. The number of likely N-dealkylation sites (tertiary alicyclic amines) is 1. The van der Waals surface area contributed by atoms with E-state index in [-0.39, 0.29) is 22.8 Å². The van der Waals surface area contributed by atoms with E-state index < -0.39 is 5.91 Å². The lowest BCUT2D eigenvalue weighted by atomic mass is 9.80. The quantitative estimate of drug-likeness (QED) is 0.813. The number of nitrogens with zero attached hydrogens (tertiary/aromatic N) is 3. The largest absolute Gasteiger partial charge is 0.505 e. The second kappa shape index (κ2) is 7.09. The van der Waals surface area contributed by atoms with Crippen LogP contribution in [0, 0.1) is 11.3 Å². The molecule has 9 heteroatoms. The molecule has 2 aliphatic rings. The van der Waals surface area contributed by atoms with Crippen molar-refractivity contribution in [3.8, 4) is 5.75 Å². The normalized spacial score (nSPS) is 24.0. The summed E-state index contributed by atoms with van der Waals surface area (Å²) in [6.07, 6.45) is 6.04. The highest BCUT2D eigenvalue weighted by atomic mass is 35.5. The lowest BCUT2D eigenvalue weighted by Gasteiger charge is -2.29. The number of halogens is 1. The minimum absolute atomic E-state index is 0.0202. The zero-order chi connectivity index (χ0) is 19.0. The van der Waals surface area contributed by atoms with Crippen molar-refractivity contribution in [1.82, 2.24) is 20.2 Å². The molecule has 4 rings (SSSR count). The van der Waals surface area contributed by atoms with Crippen LogP contribution in [0.4, 0.5) is 0 Å². The molecule has 2 fully saturated rings. The number of hydrogen-bond donors (Lipinski definition) is 2. The standard InChI is InChI=1S/C18H19ClN4O3S/c19-13-7-21-16(27-13)17(26)23-8-11-3-1-5-18(11,10-23)9-22-15(25)14-12(24)4-2-6-20-14/h2,4,6-7,11,24H,1,3,5,8-10H2,(H,22,25)/t11-,18-/m0/s1. The van der Waals surface area contributed by atoms with Crippen LogP contribution in [0.1, 0.15) is 39.6 Å². The summed E-state index contributed by atoms with van der Waals surface area (Å²) >= 11 is 7.09. The molecule has 2 amide bonds. The van der Waals surface area contributed by atoms with Gasteiger partial charge in [0.05, 0.1) is 6.20 Å². The van der Waals surface area contributed by atoms with Gasteiger partial charge in [-0.3, -0.25) is 9.59 Å². The van der Waals surface area contributed by atoms with Crippen LogP contribution in [-0.2, 0) is 0 Å². The highest BCUT2D eigenvalue weighted by molar-refractivity contribution is 7.17. The molecule has 2 atom stereocenters. The van der Waals surface area contributed by atoms with Crippen LogP contribution < -0.4 is 5.32 Å². The van der Waals surface area contributed by atoms with Gasteiger partial charge in [0.15, 0.2) is 10.7 Å². The third-order valence-corrected chi connectivity index (χ3v) is 6.69. The topological polar surface area (TPSA) is 95.4 Å². The van der Waals surface area contributed by atoms with Crippen molar-refractivity contribution in [2.24, 2.45) is 11.3 Å². The highest BCUT2D eigenvalue weighted by Crippen LogP contribution is 2.48. The average molecular weight is 407 g/mol. The number of hydrogen-bond acceptors (Lipinski definition) is 6. The van der Waals surface area contributed by atoms with E-state index >= 15 is 0 Å². The third kappa shape index (κ3) is 3.39. The fraction of sp³-hybridized carbons (Fsp3) is 0.444. The maximum absolute atomic E-state index is 12.7. The third-order valence-electron chi connectivity index (χ3n) is 5.59. The summed E-state index contributed by atoms with van der Waals surface area (Å²) in [5.41, 5.74) is -0.122. The monoisotopic (exact) mass is 406 g/mol. The Labute approximate surface area is 165 Å². The molecule has 27 heavy (non-hydrogen) atoms. The Balaban J connectivity index is 1.46. The number of fused-ring (bicyclic) bond motifs is 1. The van der Waals surface area contributed by atoms with Gasteiger partial charge in [-0.1, -0.05) is 29.4 Å². The van der Waals surface area contributed by atoms with Crippen molar-refractivity contribution in [3.05, 3.63) is 39.6 Å². The Bertz CT molecular complexity index is 889. The van der Waals surface area contributed by atoms with E-state index in [0.717, 1.165) is 19.3 Å². The minimum Gasteiger partial charge on any atom is -0.505 e. The van der Waals surface area contributed by atoms with Crippen molar-refractivity contribution in [1.29, 1.82) is 0 Å². The van der Waals surface area contributed by atoms with Crippen LogP contribution in [0.15, 0.2) is 24.5 Å². The summed E-state index contributed by atoms with van der Waals surface area (Å²) in [7, 11) is 0. The Morgan fingerprint density at radius 3 is 3.04 bits per heavy atom. The molecule has 1 saturated heterocycles. The summed E-state index contributed by atoms with van der Waals surface area (Å²) in [5, 5.41) is 13.1. The Kier molecular flexibility index (Phi) is 4.77. The molecule has 7 nitrogen and oxygen atoms in total. The van der Waals surface area contributed by atoms with Crippen molar-refractivity contribution in [2.45, 2.75) is 19.3 Å². The molecule has 1 aliphatic heterocycles. The minimum atomic E-state index is -0.399. The molecule has 1 saturated carbocycles. The van der Waals surface area contributed by atoms with Crippen molar-refractivity contribution in [2.75, 3.05) is 19.6 Å². The van der Waals surface area contributed by atoms with Crippen LogP contribution in [0.2, 0.25) is 4.34 Å². The van der Waals surface area contributed by atoms with Gasteiger partial charge in [-0.15, -0.1) is 0 Å². The van der Waals surface area contributed by atoms with Gasteiger partial charge in [0.1, 0.15) is 10.1 Å². The van der Waals surface area contributed by atoms with Gasteiger partial charge in [0.25, 0.3) is 11.8 Å². The summed E-state index contributed by atoms with van der Waals surface area (Å²) in [5.74, 6) is -0.298. The van der Waals surface area contributed by atoms with E-state index in [0.29, 0.717) is 34.9 Å². The van der Waals surface area contributed by atoms with Gasteiger partial charge in [-0.05, 0) is 30.9 Å². The van der Waals surface area contributed by atoms with E-state index in [1.807, 2.05) is 4.90 Å². The van der Waals surface area contributed by atoms with E-state index in [2.05, 4.69) is 15.3 Å². The van der Waals surface area contributed by atoms with Crippen LogP contribution in [-0.4, -0.2) is 51.4 Å². The fourth-order valence-electron chi connectivity index (χ4n) is 4.26. The Morgan fingerprint density at radius 1 is 1.44 bits per heavy atom. The van der Waals surface area contributed by atoms with Crippen molar-refractivity contribution < 1.29 is 14.7 Å². The van der Waals surface area contributed by atoms with Gasteiger partial charge < -0.3 is 15.3 Å². The first-order chi connectivity index (χ1) is 13.0. The zero-order valence-electron chi connectivity index (χ0n) is 14.5. The maximum atomic E-state index is 12.7. The fourth-order valence-corrected chi connectivity index (χ4v) is 5.14. The Morgan fingerprint density at radius 2 is 2.30 bits per heavy atom. The second-order valence-electron chi connectivity index (χ2n) is 7.16. The molecule has 2 aromatic rings. The molecule has 2 N–H and O–H groups in total. The van der Waals surface area contributed by atoms with Crippen LogP contribution in [0.5, 0.6) is 5.75 Å². The number of thiazole rings is 1. The van der Waals surface area contributed by atoms with Gasteiger partial charge in [0.2, 0.25) is 0 Å². The number of carbonyl (C=O) groups is 2. The van der Waals surface area contributed by atoms with E-state index in [1.165, 1.54) is 29.8 Å².